The maximum absolute atomic E-state index is 12.1. The average molecular weight is 309 g/mol. The Labute approximate surface area is 127 Å². The smallest absolute Gasteiger partial charge is 0.228 e. The van der Waals surface area contributed by atoms with Crippen LogP contribution in [-0.4, -0.2) is 10.9 Å². The molecule has 0 saturated heterocycles. The summed E-state index contributed by atoms with van der Waals surface area (Å²) in [4.78, 5) is 16.0. The lowest BCUT2D eigenvalue weighted by Gasteiger charge is -2.11. The minimum Gasteiger partial charge on any atom is -0.323 e. The van der Waals surface area contributed by atoms with Crippen LogP contribution in [0.2, 0.25) is 10.3 Å². The fourth-order valence-corrected chi connectivity index (χ4v) is 2.49. The first-order valence-electron chi connectivity index (χ1n) is 6.14. The Morgan fingerprint density at radius 2 is 1.90 bits per heavy atom. The van der Waals surface area contributed by atoms with Gasteiger partial charge in [0.15, 0.2) is 5.15 Å². The molecule has 1 heterocycles. The van der Waals surface area contributed by atoms with E-state index in [4.69, 9.17) is 23.2 Å². The number of rotatable bonds is 3. The molecule has 104 valence electrons. The highest BCUT2D eigenvalue weighted by Crippen LogP contribution is 2.26. The number of carbonyl (C=O) groups is 1. The van der Waals surface area contributed by atoms with E-state index in [-0.39, 0.29) is 11.1 Å². The SMILES string of the molecule is Cc1ccccc1CC(=O)Nc1c(C)cc(Cl)nc1Cl. The summed E-state index contributed by atoms with van der Waals surface area (Å²) in [6.45, 7) is 3.80. The van der Waals surface area contributed by atoms with E-state index in [9.17, 15) is 4.79 Å². The molecule has 0 bridgehead atoms. The number of aryl methyl sites for hydroxylation is 2. The minimum atomic E-state index is -0.131. The topological polar surface area (TPSA) is 42.0 Å². The molecular weight excluding hydrogens is 295 g/mol. The summed E-state index contributed by atoms with van der Waals surface area (Å²) in [6.07, 6.45) is 0.297. The van der Waals surface area contributed by atoms with Crippen molar-refractivity contribution in [1.82, 2.24) is 4.98 Å². The van der Waals surface area contributed by atoms with Gasteiger partial charge in [0.05, 0.1) is 12.1 Å². The Kier molecular flexibility index (Phi) is 4.63. The highest BCUT2D eigenvalue weighted by molar-refractivity contribution is 6.34. The predicted octanol–water partition coefficient (Wildman–Crippen LogP) is 4.19. The van der Waals surface area contributed by atoms with Crippen molar-refractivity contribution in [2.45, 2.75) is 20.3 Å². The van der Waals surface area contributed by atoms with Crippen molar-refractivity contribution >= 4 is 34.8 Å². The molecule has 0 saturated carbocycles. The molecule has 1 aromatic heterocycles. The van der Waals surface area contributed by atoms with Crippen molar-refractivity contribution in [2.75, 3.05) is 5.32 Å². The molecule has 3 nitrogen and oxygen atoms in total. The molecule has 2 rings (SSSR count). The quantitative estimate of drug-likeness (QED) is 0.864. The molecule has 5 heteroatoms. The second-order valence-corrected chi connectivity index (χ2v) is 5.32. The van der Waals surface area contributed by atoms with Gasteiger partial charge in [-0.2, -0.15) is 0 Å². The van der Waals surface area contributed by atoms with Crippen molar-refractivity contribution in [3.63, 3.8) is 0 Å². The van der Waals surface area contributed by atoms with Gasteiger partial charge in [-0.25, -0.2) is 4.98 Å². The van der Waals surface area contributed by atoms with E-state index in [1.54, 1.807) is 6.07 Å². The van der Waals surface area contributed by atoms with Crippen LogP contribution in [0.15, 0.2) is 30.3 Å². The van der Waals surface area contributed by atoms with Gasteiger partial charge in [0.1, 0.15) is 5.15 Å². The van der Waals surface area contributed by atoms with Crippen molar-refractivity contribution in [1.29, 1.82) is 0 Å². The van der Waals surface area contributed by atoms with Crippen LogP contribution in [0.3, 0.4) is 0 Å². The van der Waals surface area contributed by atoms with E-state index in [2.05, 4.69) is 10.3 Å². The van der Waals surface area contributed by atoms with Crippen LogP contribution in [0.4, 0.5) is 5.69 Å². The maximum atomic E-state index is 12.1. The van der Waals surface area contributed by atoms with Crippen LogP contribution in [0.25, 0.3) is 0 Å². The second-order valence-electron chi connectivity index (χ2n) is 4.58. The zero-order chi connectivity index (χ0) is 14.7. The molecule has 0 aliphatic carbocycles. The molecule has 0 unspecified atom stereocenters. The predicted molar refractivity (Wildman–Crippen MR) is 82.5 cm³/mol. The fraction of sp³-hybridized carbons (Fsp3) is 0.200. The van der Waals surface area contributed by atoms with Gasteiger partial charge < -0.3 is 5.32 Å². The van der Waals surface area contributed by atoms with Crippen molar-refractivity contribution < 1.29 is 4.79 Å². The van der Waals surface area contributed by atoms with E-state index in [0.29, 0.717) is 17.3 Å². The largest absolute Gasteiger partial charge is 0.323 e. The number of aromatic nitrogens is 1. The van der Waals surface area contributed by atoms with Gasteiger partial charge in [-0.1, -0.05) is 47.5 Å². The number of hydrogen-bond acceptors (Lipinski definition) is 2. The second kappa shape index (κ2) is 6.25. The number of halogens is 2. The molecular formula is C15H14Cl2N2O. The lowest BCUT2D eigenvalue weighted by molar-refractivity contribution is -0.115. The van der Waals surface area contributed by atoms with E-state index >= 15 is 0 Å². The summed E-state index contributed by atoms with van der Waals surface area (Å²) >= 11 is 11.8. The highest BCUT2D eigenvalue weighted by atomic mass is 35.5. The van der Waals surface area contributed by atoms with Gasteiger partial charge >= 0.3 is 0 Å². The van der Waals surface area contributed by atoms with Crippen LogP contribution in [0, 0.1) is 13.8 Å². The number of nitrogens with zero attached hydrogens (tertiary/aromatic N) is 1. The molecule has 0 spiro atoms. The number of pyridine rings is 1. The van der Waals surface area contributed by atoms with Gasteiger partial charge in [0, 0.05) is 0 Å². The molecule has 20 heavy (non-hydrogen) atoms. The van der Waals surface area contributed by atoms with E-state index in [0.717, 1.165) is 16.7 Å². The van der Waals surface area contributed by atoms with Crippen molar-refractivity contribution in [3.8, 4) is 0 Å². The number of nitrogens with one attached hydrogen (secondary N) is 1. The molecule has 2 aromatic rings. The van der Waals surface area contributed by atoms with Crippen LogP contribution in [-0.2, 0) is 11.2 Å². The van der Waals surface area contributed by atoms with Crippen LogP contribution in [0.1, 0.15) is 16.7 Å². The molecule has 0 radical (unpaired) electrons. The first-order chi connectivity index (χ1) is 9.47. The Hall–Kier alpha value is -1.58. The number of hydrogen-bond donors (Lipinski definition) is 1. The molecule has 0 fully saturated rings. The zero-order valence-electron chi connectivity index (χ0n) is 11.2. The van der Waals surface area contributed by atoms with Gasteiger partial charge in [-0.15, -0.1) is 0 Å². The van der Waals surface area contributed by atoms with Gasteiger partial charge in [0.25, 0.3) is 0 Å². The molecule has 1 N–H and O–H groups in total. The molecule has 0 aliphatic rings. The normalized spacial score (nSPS) is 10.4. The fourth-order valence-electron chi connectivity index (χ4n) is 1.91. The lowest BCUT2D eigenvalue weighted by atomic mass is 10.1. The average Bonchev–Trinajstić information content (AvgIpc) is 2.36. The summed E-state index contributed by atoms with van der Waals surface area (Å²) < 4.78 is 0. The lowest BCUT2D eigenvalue weighted by Crippen LogP contribution is -2.16. The van der Waals surface area contributed by atoms with Gasteiger partial charge in [-0.05, 0) is 36.6 Å². The molecule has 0 atom stereocenters. The number of amides is 1. The van der Waals surface area contributed by atoms with Crippen LogP contribution >= 0.6 is 23.2 Å². The number of benzene rings is 1. The summed E-state index contributed by atoms with van der Waals surface area (Å²) in [5.41, 5.74) is 3.36. The van der Waals surface area contributed by atoms with Gasteiger partial charge in [0.2, 0.25) is 5.91 Å². The van der Waals surface area contributed by atoms with E-state index in [1.807, 2.05) is 38.1 Å². The zero-order valence-corrected chi connectivity index (χ0v) is 12.7. The van der Waals surface area contributed by atoms with Crippen molar-refractivity contribution in [3.05, 3.63) is 57.3 Å². The standard InChI is InChI=1S/C15H14Cl2N2O/c1-9-5-3-4-6-11(9)8-13(20)19-14-10(2)7-12(16)18-15(14)17/h3-7H,8H2,1-2H3,(H,19,20). The molecule has 0 aliphatic heterocycles. The Morgan fingerprint density at radius 3 is 2.55 bits per heavy atom. The van der Waals surface area contributed by atoms with Gasteiger partial charge in [-0.3, -0.25) is 4.79 Å². The Bertz CT molecular complexity index is 633. The first kappa shape index (κ1) is 14.8. The minimum absolute atomic E-state index is 0.131. The number of carbonyl (C=O) groups excluding carboxylic acids is 1. The van der Waals surface area contributed by atoms with Crippen LogP contribution in [0.5, 0.6) is 0 Å². The summed E-state index contributed by atoms with van der Waals surface area (Å²) in [5, 5.41) is 3.30. The molecule has 1 amide bonds. The van der Waals surface area contributed by atoms with E-state index < -0.39 is 0 Å². The summed E-state index contributed by atoms with van der Waals surface area (Å²) in [5.74, 6) is -0.131. The molecule has 1 aromatic carbocycles. The van der Waals surface area contributed by atoms with Crippen molar-refractivity contribution in [2.24, 2.45) is 0 Å². The monoisotopic (exact) mass is 308 g/mol. The Morgan fingerprint density at radius 1 is 1.20 bits per heavy atom. The third kappa shape index (κ3) is 3.50. The Balaban J connectivity index is 2.15. The first-order valence-corrected chi connectivity index (χ1v) is 6.90. The highest BCUT2D eigenvalue weighted by Gasteiger charge is 2.12. The summed E-state index contributed by atoms with van der Waals surface area (Å²) in [7, 11) is 0. The third-order valence-electron chi connectivity index (χ3n) is 3.02. The van der Waals surface area contributed by atoms with E-state index in [1.165, 1.54) is 0 Å². The van der Waals surface area contributed by atoms with Crippen LogP contribution < -0.4 is 5.32 Å². The number of anilines is 1. The summed E-state index contributed by atoms with van der Waals surface area (Å²) in [6, 6.07) is 9.43. The maximum Gasteiger partial charge on any atom is 0.228 e. The third-order valence-corrected chi connectivity index (χ3v) is 3.49.